The van der Waals surface area contributed by atoms with Crippen molar-refractivity contribution in [1.29, 1.82) is 0 Å². The Labute approximate surface area is 185 Å². The van der Waals surface area contributed by atoms with E-state index in [-0.39, 0.29) is 12.5 Å². The van der Waals surface area contributed by atoms with Crippen LogP contribution in [0.5, 0.6) is 0 Å². The summed E-state index contributed by atoms with van der Waals surface area (Å²) in [6.45, 7) is 13.7. The first-order valence-corrected chi connectivity index (χ1v) is 10.6. The van der Waals surface area contributed by atoms with E-state index in [0.29, 0.717) is 10.7 Å². The Balaban J connectivity index is 0.00000218. The first kappa shape index (κ1) is 25.4. The minimum absolute atomic E-state index is 0.246. The molecular formula is C25H32ClN3O. The number of carbonyl (C=O) groups is 1. The monoisotopic (exact) mass is 425 g/mol. The molecule has 0 spiro atoms. The summed E-state index contributed by atoms with van der Waals surface area (Å²) in [5.41, 5.74) is 6.59. The van der Waals surface area contributed by atoms with Crippen LogP contribution in [0.15, 0.2) is 57.7 Å². The van der Waals surface area contributed by atoms with Gasteiger partial charge in [-0.1, -0.05) is 55.3 Å². The molecular weight excluding hydrogens is 394 g/mol. The lowest BCUT2D eigenvalue weighted by atomic mass is 9.95. The molecule has 0 radical (unpaired) electrons. The third-order valence-corrected chi connectivity index (χ3v) is 4.51. The van der Waals surface area contributed by atoms with Gasteiger partial charge >= 0.3 is 0 Å². The summed E-state index contributed by atoms with van der Waals surface area (Å²) in [6, 6.07) is 13.5. The largest absolute Gasteiger partial charge is 0.303 e. The van der Waals surface area contributed by atoms with Gasteiger partial charge in [0.05, 0.1) is 17.5 Å². The third kappa shape index (κ3) is 7.68. The van der Waals surface area contributed by atoms with E-state index >= 15 is 0 Å². The standard InChI is InChI=1S/C23H26ClN3O.C2H6/c1-15(2)26-27-18(5)22(12-13-28)25-23(19-8-10-20(24)11-9-19)21-14-16(3)6-7-17(21)4;1-2/h6-11,13-14,22H,12H2,1-5H3;1-2H3/b25-23?,27-18+;/t22-;/m0./s1. The van der Waals surface area contributed by atoms with Gasteiger partial charge in [-0.05, 0) is 58.4 Å². The van der Waals surface area contributed by atoms with E-state index in [1.165, 1.54) is 0 Å². The minimum Gasteiger partial charge on any atom is -0.303 e. The molecule has 0 aliphatic carbocycles. The average molecular weight is 426 g/mol. The summed E-state index contributed by atoms with van der Waals surface area (Å²) >= 11 is 6.08. The highest BCUT2D eigenvalue weighted by Gasteiger charge is 2.16. The molecule has 2 aromatic rings. The third-order valence-electron chi connectivity index (χ3n) is 4.26. The number of aldehydes is 1. The fourth-order valence-corrected chi connectivity index (χ4v) is 2.83. The molecule has 0 fully saturated rings. The van der Waals surface area contributed by atoms with E-state index in [0.717, 1.165) is 40.0 Å². The number of aliphatic imine (C=N–C) groups is 1. The van der Waals surface area contributed by atoms with Gasteiger partial charge < -0.3 is 4.79 Å². The summed E-state index contributed by atoms with van der Waals surface area (Å²) < 4.78 is 0. The van der Waals surface area contributed by atoms with Gasteiger partial charge in [-0.25, -0.2) is 0 Å². The van der Waals surface area contributed by atoms with Crippen molar-refractivity contribution in [3.63, 3.8) is 0 Å². The molecule has 0 saturated carbocycles. The van der Waals surface area contributed by atoms with Crippen LogP contribution in [-0.4, -0.2) is 29.5 Å². The van der Waals surface area contributed by atoms with Gasteiger partial charge in [0.15, 0.2) is 0 Å². The van der Waals surface area contributed by atoms with Crippen molar-refractivity contribution in [1.82, 2.24) is 0 Å². The lowest BCUT2D eigenvalue weighted by Gasteiger charge is -2.16. The molecule has 1 atom stereocenters. The molecule has 0 aliphatic heterocycles. The van der Waals surface area contributed by atoms with Crippen molar-refractivity contribution in [2.24, 2.45) is 15.2 Å². The van der Waals surface area contributed by atoms with E-state index in [9.17, 15) is 4.79 Å². The van der Waals surface area contributed by atoms with Crippen molar-refractivity contribution in [3.05, 3.63) is 69.7 Å². The van der Waals surface area contributed by atoms with Crippen molar-refractivity contribution in [2.45, 2.75) is 60.9 Å². The van der Waals surface area contributed by atoms with Crippen molar-refractivity contribution in [2.75, 3.05) is 0 Å². The molecule has 0 aliphatic rings. The van der Waals surface area contributed by atoms with Crippen LogP contribution in [0.1, 0.15) is 63.3 Å². The number of hydrogen-bond acceptors (Lipinski definition) is 4. The molecule has 2 rings (SSSR count). The molecule has 0 N–H and O–H groups in total. The van der Waals surface area contributed by atoms with Crippen LogP contribution < -0.4 is 0 Å². The fourth-order valence-electron chi connectivity index (χ4n) is 2.71. The lowest BCUT2D eigenvalue weighted by molar-refractivity contribution is -0.107. The van der Waals surface area contributed by atoms with Crippen LogP contribution in [0.4, 0.5) is 0 Å². The highest BCUT2D eigenvalue weighted by atomic mass is 35.5. The first-order valence-electron chi connectivity index (χ1n) is 10.2. The van der Waals surface area contributed by atoms with E-state index < -0.39 is 0 Å². The van der Waals surface area contributed by atoms with Crippen LogP contribution in [0, 0.1) is 13.8 Å². The highest BCUT2D eigenvalue weighted by Crippen LogP contribution is 2.20. The van der Waals surface area contributed by atoms with Gasteiger partial charge in [0.25, 0.3) is 0 Å². The SMILES string of the molecule is CC.CC(C)=N/N=C(\C)[C@H](CC=O)N=C(c1ccc(Cl)cc1)c1cc(C)ccc1C. The molecule has 0 aromatic heterocycles. The fraction of sp³-hybridized carbons (Fsp3) is 0.360. The van der Waals surface area contributed by atoms with Gasteiger partial charge in [0.1, 0.15) is 6.29 Å². The normalized spacial score (nSPS) is 12.5. The number of benzene rings is 2. The topological polar surface area (TPSA) is 54.1 Å². The minimum atomic E-state index is -0.383. The maximum atomic E-state index is 11.3. The van der Waals surface area contributed by atoms with E-state index in [1.54, 1.807) is 0 Å². The zero-order valence-corrected chi connectivity index (χ0v) is 19.8. The maximum absolute atomic E-state index is 11.3. The van der Waals surface area contributed by atoms with Gasteiger partial charge in [0.2, 0.25) is 0 Å². The second-order valence-electron chi connectivity index (χ2n) is 7.01. The quantitative estimate of drug-likeness (QED) is 0.279. The molecule has 0 bridgehead atoms. The number of halogens is 1. The van der Waals surface area contributed by atoms with E-state index in [1.807, 2.05) is 58.9 Å². The Kier molecular flexibility index (Phi) is 10.9. The molecule has 0 unspecified atom stereocenters. The van der Waals surface area contributed by atoms with Crippen molar-refractivity contribution < 1.29 is 4.79 Å². The number of hydrogen-bond donors (Lipinski definition) is 0. The molecule has 0 amide bonds. The highest BCUT2D eigenvalue weighted by molar-refractivity contribution is 6.30. The average Bonchev–Trinajstić information content (AvgIpc) is 2.73. The first-order chi connectivity index (χ1) is 14.3. The smallest absolute Gasteiger partial charge is 0.122 e. The Morgan fingerprint density at radius 3 is 2.20 bits per heavy atom. The van der Waals surface area contributed by atoms with Gasteiger partial charge in [-0.15, -0.1) is 0 Å². The Morgan fingerprint density at radius 1 is 1.00 bits per heavy atom. The molecule has 5 heteroatoms. The molecule has 2 aromatic carbocycles. The summed E-state index contributed by atoms with van der Waals surface area (Å²) in [6.07, 6.45) is 1.12. The van der Waals surface area contributed by atoms with Crippen molar-refractivity contribution >= 4 is 35.0 Å². The number of aryl methyl sites for hydroxylation is 2. The predicted molar refractivity (Wildman–Crippen MR) is 131 cm³/mol. The lowest BCUT2D eigenvalue weighted by Crippen LogP contribution is -2.20. The summed E-state index contributed by atoms with van der Waals surface area (Å²) in [5, 5.41) is 9.05. The van der Waals surface area contributed by atoms with Crippen LogP contribution in [0.25, 0.3) is 0 Å². The van der Waals surface area contributed by atoms with E-state index in [4.69, 9.17) is 16.6 Å². The molecule has 0 heterocycles. The Morgan fingerprint density at radius 2 is 1.63 bits per heavy atom. The molecule has 0 saturated heterocycles. The van der Waals surface area contributed by atoms with Gasteiger partial charge in [0, 0.05) is 28.3 Å². The maximum Gasteiger partial charge on any atom is 0.122 e. The summed E-state index contributed by atoms with van der Waals surface area (Å²) in [5.74, 6) is 0. The molecule has 160 valence electrons. The number of carbonyl (C=O) groups excluding carboxylic acids is 1. The Hall–Kier alpha value is -2.59. The summed E-state index contributed by atoms with van der Waals surface area (Å²) in [4.78, 5) is 16.3. The van der Waals surface area contributed by atoms with Crippen LogP contribution in [0.3, 0.4) is 0 Å². The van der Waals surface area contributed by atoms with Crippen LogP contribution in [-0.2, 0) is 4.79 Å². The van der Waals surface area contributed by atoms with Crippen LogP contribution >= 0.6 is 11.6 Å². The van der Waals surface area contributed by atoms with Crippen LogP contribution in [0.2, 0.25) is 5.02 Å². The van der Waals surface area contributed by atoms with Gasteiger partial charge in [-0.3, -0.25) is 4.99 Å². The summed E-state index contributed by atoms with van der Waals surface area (Å²) in [7, 11) is 0. The second-order valence-corrected chi connectivity index (χ2v) is 7.45. The van der Waals surface area contributed by atoms with Crippen molar-refractivity contribution in [3.8, 4) is 0 Å². The zero-order chi connectivity index (χ0) is 22.7. The molecule has 4 nitrogen and oxygen atoms in total. The number of nitrogens with zero attached hydrogens (tertiary/aromatic N) is 3. The molecule has 30 heavy (non-hydrogen) atoms. The number of rotatable bonds is 7. The van der Waals surface area contributed by atoms with Gasteiger partial charge in [-0.2, -0.15) is 10.2 Å². The zero-order valence-electron chi connectivity index (χ0n) is 19.0. The second kappa shape index (κ2) is 12.9. The predicted octanol–water partition coefficient (Wildman–Crippen LogP) is 6.63. The van der Waals surface area contributed by atoms with E-state index in [2.05, 4.69) is 42.2 Å². The Bertz CT molecular complexity index is 924.